The van der Waals surface area contributed by atoms with Crippen molar-refractivity contribution in [2.24, 2.45) is 5.73 Å². The second kappa shape index (κ2) is 5.97. The second-order valence-corrected chi connectivity index (χ2v) is 5.34. The molecule has 1 heterocycles. The van der Waals surface area contributed by atoms with Crippen LogP contribution in [0.1, 0.15) is 5.56 Å². The topological polar surface area (TPSA) is 32.5 Å². The molecular weight excluding hydrogens is 253 g/mol. The van der Waals surface area contributed by atoms with Gasteiger partial charge in [-0.05, 0) is 30.8 Å². The van der Waals surface area contributed by atoms with E-state index in [1.165, 1.54) is 12.1 Å². The van der Waals surface area contributed by atoms with E-state index < -0.39 is 0 Å². The lowest BCUT2D eigenvalue weighted by atomic mass is 10.1. The van der Waals surface area contributed by atoms with Gasteiger partial charge in [-0.1, -0.05) is 11.6 Å². The van der Waals surface area contributed by atoms with Crippen molar-refractivity contribution in [1.82, 2.24) is 9.80 Å². The maximum Gasteiger partial charge on any atom is 0.125 e. The lowest BCUT2D eigenvalue weighted by Crippen LogP contribution is -2.54. The number of rotatable bonds is 3. The highest BCUT2D eigenvalue weighted by Crippen LogP contribution is 2.18. The summed E-state index contributed by atoms with van der Waals surface area (Å²) in [6.07, 6.45) is 0. The summed E-state index contributed by atoms with van der Waals surface area (Å²) in [5.74, 6) is -0.282. The molecule has 1 aliphatic heterocycles. The Labute approximate surface area is 112 Å². The molecule has 1 unspecified atom stereocenters. The average Bonchev–Trinajstić information content (AvgIpc) is 2.30. The SMILES string of the molecule is CN1CCN(Cc2cc(F)cc(Cl)c2)C(CN)C1. The van der Waals surface area contributed by atoms with E-state index in [0.717, 1.165) is 25.2 Å². The summed E-state index contributed by atoms with van der Waals surface area (Å²) in [6.45, 7) is 4.24. The Balaban J connectivity index is 2.07. The Morgan fingerprint density at radius 1 is 1.39 bits per heavy atom. The maximum absolute atomic E-state index is 13.3. The van der Waals surface area contributed by atoms with Crippen LogP contribution in [0, 0.1) is 5.82 Å². The molecule has 1 fully saturated rings. The van der Waals surface area contributed by atoms with E-state index in [2.05, 4.69) is 16.8 Å². The van der Waals surface area contributed by atoms with Crippen LogP contribution in [0.4, 0.5) is 4.39 Å². The Morgan fingerprint density at radius 2 is 2.17 bits per heavy atom. The molecule has 1 saturated heterocycles. The maximum atomic E-state index is 13.3. The van der Waals surface area contributed by atoms with E-state index in [9.17, 15) is 4.39 Å². The summed E-state index contributed by atoms with van der Waals surface area (Å²) in [5, 5.41) is 0.448. The van der Waals surface area contributed by atoms with E-state index in [4.69, 9.17) is 17.3 Å². The van der Waals surface area contributed by atoms with E-state index in [1.54, 1.807) is 0 Å². The summed E-state index contributed by atoms with van der Waals surface area (Å²) in [4.78, 5) is 4.57. The van der Waals surface area contributed by atoms with E-state index in [0.29, 0.717) is 24.2 Å². The van der Waals surface area contributed by atoms with Crippen LogP contribution >= 0.6 is 11.6 Å². The van der Waals surface area contributed by atoms with Crippen molar-refractivity contribution in [3.05, 3.63) is 34.6 Å². The van der Waals surface area contributed by atoms with Crippen LogP contribution < -0.4 is 5.73 Å². The number of hydrogen-bond donors (Lipinski definition) is 1. The Morgan fingerprint density at radius 3 is 2.83 bits per heavy atom. The van der Waals surface area contributed by atoms with Crippen molar-refractivity contribution in [2.75, 3.05) is 33.2 Å². The fourth-order valence-electron chi connectivity index (χ4n) is 2.42. The van der Waals surface area contributed by atoms with Crippen molar-refractivity contribution in [3.8, 4) is 0 Å². The van der Waals surface area contributed by atoms with Gasteiger partial charge in [0.25, 0.3) is 0 Å². The van der Waals surface area contributed by atoms with Crippen LogP contribution in [0.2, 0.25) is 5.02 Å². The number of nitrogens with two attached hydrogens (primary N) is 1. The van der Waals surface area contributed by atoms with Gasteiger partial charge in [0.15, 0.2) is 0 Å². The van der Waals surface area contributed by atoms with Gasteiger partial charge in [0, 0.05) is 43.8 Å². The molecule has 0 aromatic heterocycles. The minimum Gasteiger partial charge on any atom is -0.329 e. The Bertz CT molecular complexity index is 393. The first-order valence-corrected chi connectivity index (χ1v) is 6.54. The van der Waals surface area contributed by atoms with Crippen LogP contribution in [0.15, 0.2) is 18.2 Å². The fourth-order valence-corrected chi connectivity index (χ4v) is 2.66. The molecule has 5 heteroatoms. The molecule has 0 radical (unpaired) electrons. The monoisotopic (exact) mass is 271 g/mol. The first kappa shape index (κ1) is 13.7. The second-order valence-electron chi connectivity index (χ2n) is 4.90. The molecule has 1 aromatic rings. The minimum atomic E-state index is -0.282. The van der Waals surface area contributed by atoms with Crippen molar-refractivity contribution in [2.45, 2.75) is 12.6 Å². The van der Waals surface area contributed by atoms with Gasteiger partial charge < -0.3 is 10.6 Å². The third-order valence-electron chi connectivity index (χ3n) is 3.39. The standard InChI is InChI=1S/C13H19ClFN3/c1-17-2-3-18(13(7-16)9-17)8-10-4-11(14)6-12(15)5-10/h4-6,13H,2-3,7-9,16H2,1H3. The highest BCUT2D eigenvalue weighted by atomic mass is 35.5. The van der Waals surface area contributed by atoms with Gasteiger partial charge in [0.1, 0.15) is 5.82 Å². The van der Waals surface area contributed by atoms with Crippen molar-refractivity contribution in [1.29, 1.82) is 0 Å². The predicted molar refractivity (Wildman–Crippen MR) is 72.2 cm³/mol. The number of hydrogen-bond acceptors (Lipinski definition) is 3. The molecule has 1 aromatic carbocycles. The Kier molecular flexibility index (Phi) is 4.56. The molecular formula is C13H19ClFN3. The lowest BCUT2D eigenvalue weighted by Gasteiger charge is -2.39. The van der Waals surface area contributed by atoms with Gasteiger partial charge in [-0.3, -0.25) is 4.90 Å². The molecule has 0 saturated carbocycles. The van der Waals surface area contributed by atoms with Crippen molar-refractivity contribution >= 4 is 11.6 Å². The third-order valence-corrected chi connectivity index (χ3v) is 3.61. The van der Waals surface area contributed by atoms with Gasteiger partial charge in [-0.25, -0.2) is 4.39 Å². The normalized spacial score (nSPS) is 22.3. The van der Waals surface area contributed by atoms with E-state index >= 15 is 0 Å². The summed E-state index contributed by atoms with van der Waals surface area (Å²) in [5.41, 5.74) is 6.71. The molecule has 18 heavy (non-hydrogen) atoms. The smallest absolute Gasteiger partial charge is 0.125 e. The summed E-state index contributed by atoms with van der Waals surface area (Å²) in [6, 6.07) is 5.01. The predicted octanol–water partition coefficient (Wildman–Crippen LogP) is 1.55. The van der Waals surface area contributed by atoms with Crippen LogP contribution in [-0.2, 0) is 6.54 Å². The molecule has 2 rings (SSSR count). The van der Waals surface area contributed by atoms with Crippen LogP contribution in [0.25, 0.3) is 0 Å². The highest BCUT2D eigenvalue weighted by molar-refractivity contribution is 6.30. The summed E-state index contributed by atoms with van der Waals surface area (Å²) < 4.78 is 13.3. The third kappa shape index (κ3) is 3.42. The molecule has 0 aliphatic carbocycles. The molecule has 0 bridgehead atoms. The van der Waals surface area contributed by atoms with Gasteiger partial charge in [0.2, 0.25) is 0 Å². The molecule has 1 aliphatic rings. The fraction of sp³-hybridized carbons (Fsp3) is 0.538. The zero-order valence-corrected chi connectivity index (χ0v) is 11.3. The molecule has 0 amide bonds. The van der Waals surface area contributed by atoms with Crippen molar-refractivity contribution in [3.63, 3.8) is 0 Å². The number of nitrogens with zero attached hydrogens (tertiary/aromatic N) is 2. The first-order valence-electron chi connectivity index (χ1n) is 6.16. The number of halogens is 2. The zero-order chi connectivity index (χ0) is 13.1. The largest absolute Gasteiger partial charge is 0.329 e. The molecule has 0 spiro atoms. The summed E-state index contributed by atoms with van der Waals surface area (Å²) >= 11 is 5.87. The van der Waals surface area contributed by atoms with Crippen LogP contribution in [0.5, 0.6) is 0 Å². The number of benzene rings is 1. The number of piperazine rings is 1. The van der Waals surface area contributed by atoms with Crippen LogP contribution in [-0.4, -0.2) is 49.1 Å². The van der Waals surface area contributed by atoms with Gasteiger partial charge in [0.05, 0.1) is 0 Å². The van der Waals surface area contributed by atoms with Gasteiger partial charge in [-0.15, -0.1) is 0 Å². The summed E-state index contributed by atoms with van der Waals surface area (Å²) in [7, 11) is 2.10. The quantitative estimate of drug-likeness (QED) is 0.906. The average molecular weight is 272 g/mol. The first-order chi connectivity index (χ1) is 8.58. The van der Waals surface area contributed by atoms with Gasteiger partial charge in [-0.2, -0.15) is 0 Å². The zero-order valence-electron chi connectivity index (χ0n) is 10.6. The number of likely N-dealkylation sites (N-methyl/N-ethyl adjacent to an activating group) is 1. The van der Waals surface area contributed by atoms with Crippen LogP contribution in [0.3, 0.4) is 0 Å². The van der Waals surface area contributed by atoms with E-state index in [-0.39, 0.29) is 5.82 Å². The molecule has 100 valence electrons. The molecule has 1 atom stereocenters. The molecule has 3 nitrogen and oxygen atoms in total. The van der Waals surface area contributed by atoms with Crippen molar-refractivity contribution < 1.29 is 4.39 Å². The molecule has 2 N–H and O–H groups in total. The Hall–Kier alpha value is -0.680. The highest BCUT2D eigenvalue weighted by Gasteiger charge is 2.24. The van der Waals surface area contributed by atoms with E-state index in [1.807, 2.05) is 6.07 Å². The van der Waals surface area contributed by atoms with Gasteiger partial charge >= 0.3 is 0 Å². The minimum absolute atomic E-state index is 0.282. The lowest BCUT2D eigenvalue weighted by molar-refractivity contribution is 0.0880.